The van der Waals surface area contributed by atoms with Crippen LogP contribution in [0.3, 0.4) is 0 Å². The van der Waals surface area contributed by atoms with Gasteiger partial charge in [0.05, 0.1) is 11.3 Å². The number of nitrogens with one attached hydrogen (secondary N) is 1. The number of aromatic nitrogens is 1. The van der Waals surface area contributed by atoms with Crippen molar-refractivity contribution < 1.29 is 8.78 Å². The molecule has 0 saturated heterocycles. The van der Waals surface area contributed by atoms with Crippen molar-refractivity contribution in [2.75, 3.05) is 0 Å². The van der Waals surface area contributed by atoms with Crippen LogP contribution in [0.5, 0.6) is 0 Å². The van der Waals surface area contributed by atoms with Gasteiger partial charge in [-0.1, -0.05) is 0 Å². The van der Waals surface area contributed by atoms with E-state index in [2.05, 4.69) is 4.98 Å². The Morgan fingerprint density at radius 1 is 1.13 bits per heavy atom. The van der Waals surface area contributed by atoms with Crippen LogP contribution >= 0.6 is 0 Å². The molecule has 1 N–H and O–H groups in total. The zero-order chi connectivity index (χ0) is 10.8. The monoisotopic (exact) mass is 204 g/mol. The van der Waals surface area contributed by atoms with Crippen molar-refractivity contribution >= 4 is 0 Å². The third-order valence-electron chi connectivity index (χ3n) is 2.08. The first-order valence-electron chi connectivity index (χ1n) is 4.25. The number of nitrogens with zero attached hydrogens (tertiary/aromatic N) is 1. The average molecular weight is 204 g/mol. The molecule has 0 saturated carbocycles. The Morgan fingerprint density at radius 3 is 2.60 bits per heavy atom. The standard InChI is InChI=1S/C11H6F2N2/c12-9-2-1-7(5-10(9)13)11-8(6-14)3-4-15-11/h1-5,15H. The van der Waals surface area contributed by atoms with Crippen LogP contribution in [0.2, 0.25) is 0 Å². The molecule has 4 heteroatoms. The fourth-order valence-corrected chi connectivity index (χ4v) is 1.35. The van der Waals surface area contributed by atoms with E-state index in [0.29, 0.717) is 16.8 Å². The second-order valence-corrected chi connectivity index (χ2v) is 3.01. The second-order valence-electron chi connectivity index (χ2n) is 3.01. The van der Waals surface area contributed by atoms with Gasteiger partial charge in [-0.15, -0.1) is 0 Å². The lowest BCUT2D eigenvalue weighted by atomic mass is 10.1. The Morgan fingerprint density at radius 2 is 1.93 bits per heavy atom. The molecule has 0 bridgehead atoms. The van der Waals surface area contributed by atoms with Crippen molar-refractivity contribution in [2.45, 2.75) is 0 Å². The summed E-state index contributed by atoms with van der Waals surface area (Å²) in [6.45, 7) is 0. The molecule has 1 heterocycles. The van der Waals surface area contributed by atoms with E-state index in [9.17, 15) is 8.78 Å². The predicted molar refractivity (Wildman–Crippen MR) is 50.9 cm³/mol. The fourth-order valence-electron chi connectivity index (χ4n) is 1.35. The highest BCUT2D eigenvalue weighted by molar-refractivity contribution is 5.66. The van der Waals surface area contributed by atoms with Gasteiger partial charge in [-0.2, -0.15) is 5.26 Å². The van der Waals surface area contributed by atoms with Crippen molar-refractivity contribution in [3.63, 3.8) is 0 Å². The van der Waals surface area contributed by atoms with Gasteiger partial charge in [-0.05, 0) is 24.3 Å². The van der Waals surface area contributed by atoms with Crippen LogP contribution < -0.4 is 0 Å². The summed E-state index contributed by atoms with van der Waals surface area (Å²) in [5.74, 6) is -1.82. The van der Waals surface area contributed by atoms with Crippen molar-refractivity contribution in [3.05, 3.63) is 47.7 Å². The molecule has 0 radical (unpaired) electrons. The minimum absolute atomic E-state index is 0.404. The molecule has 0 fully saturated rings. The maximum Gasteiger partial charge on any atom is 0.159 e. The van der Waals surface area contributed by atoms with E-state index in [4.69, 9.17) is 5.26 Å². The van der Waals surface area contributed by atoms with Gasteiger partial charge in [-0.25, -0.2) is 8.78 Å². The highest BCUT2D eigenvalue weighted by atomic mass is 19.2. The van der Waals surface area contributed by atoms with Gasteiger partial charge in [0.1, 0.15) is 6.07 Å². The molecule has 2 rings (SSSR count). The van der Waals surface area contributed by atoms with E-state index in [1.165, 1.54) is 6.07 Å². The van der Waals surface area contributed by atoms with E-state index < -0.39 is 11.6 Å². The quantitative estimate of drug-likeness (QED) is 0.762. The molecule has 0 amide bonds. The Balaban J connectivity index is 2.56. The molecule has 74 valence electrons. The predicted octanol–water partition coefficient (Wildman–Crippen LogP) is 2.83. The van der Waals surface area contributed by atoms with E-state index in [0.717, 1.165) is 12.1 Å². The van der Waals surface area contributed by atoms with Gasteiger partial charge in [0.25, 0.3) is 0 Å². The van der Waals surface area contributed by atoms with E-state index in [1.54, 1.807) is 12.3 Å². The summed E-state index contributed by atoms with van der Waals surface area (Å²) in [4.78, 5) is 2.81. The number of aromatic amines is 1. The van der Waals surface area contributed by atoms with Crippen LogP contribution in [-0.2, 0) is 0 Å². The number of benzene rings is 1. The topological polar surface area (TPSA) is 39.6 Å². The van der Waals surface area contributed by atoms with Crippen LogP contribution in [0.1, 0.15) is 5.56 Å². The summed E-state index contributed by atoms with van der Waals surface area (Å²) in [5, 5.41) is 8.75. The molecule has 0 aliphatic heterocycles. The molecule has 0 aliphatic carbocycles. The molecule has 2 nitrogen and oxygen atoms in total. The summed E-state index contributed by atoms with van der Waals surface area (Å²) < 4.78 is 25.6. The van der Waals surface area contributed by atoms with Crippen LogP contribution in [0, 0.1) is 23.0 Å². The maximum absolute atomic E-state index is 12.9. The molecule has 15 heavy (non-hydrogen) atoms. The van der Waals surface area contributed by atoms with E-state index in [1.807, 2.05) is 6.07 Å². The smallest absolute Gasteiger partial charge is 0.159 e. The highest BCUT2D eigenvalue weighted by Crippen LogP contribution is 2.23. The summed E-state index contributed by atoms with van der Waals surface area (Å²) in [6.07, 6.45) is 1.58. The van der Waals surface area contributed by atoms with Crippen LogP contribution in [0.15, 0.2) is 30.5 Å². The fraction of sp³-hybridized carbons (Fsp3) is 0. The molecule has 0 spiro atoms. The van der Waals surface area contributed by atoms with Crippen LogP contribution in [0.4, 0.5) is 8.78 Å². The number of hydrogen-bond donors (Lipinski definition) is 1. The Bertz CT molecular complexity index is 538. The number of H-pyrrole nitrogens is 1. The first-order chi connectivity index (χ1) is 7.22. The second kappa shape index (κ2) is 3.54. The molecule has 0 aliphatic rings. The van der Waals surface area contributed by atoms with Gasteiger partial charge < -0.3 is 4.98 Å². The first kappa shape index (κ1) is 9.41. The molecule has 1 aromatic heterocycles. The van der Waals surface area contributed by atoms with Crippen LogP contribution in [-0.4, -0.2) is 4.98 Å². The largest absolute Gasteiger partial charge is 0.360 e. The lowest BCUT2D eigenvalue weighted by Gasteiger charge is -2.00. The number of nitriles is 1. The summed E-state index contributed by atoms with van der Waals surface area (Å²) in [6, 6.07) is 7.05. The van der Waals surface area contributed by atoms with Crippen molar-refractivity contribution in [3.8, 4) is 17.3 Å². The van der Waals surface area contributed by atoms with Gasteiger partial charge in [0, 0.05) is 11.8 Å². The van der Waals surface area contributed by atoms with E-state index >= 15 is 0 Å². The lowest BCUT2D eigenvalue weighted by molar-refractivity contribution is 0.509. The SMILES string of the molecule is N#Cc1cc[nH]c1-c1ccc(F)c(F)c1. The summed E-state index contributed by atoms with van der Waals surface area (Å²) in [5.41, 5.74) is 1.35. The molecular formula is C11H6F2N2. The molecule has 2 aromatic rings. The van der Waals surface area contributed by atoms with Gasteiger partial charge in [-0.3, -0.25) is 0 Å². The van der Waals surface area contributed by atoms with E-state index in [-0.39, 0.29) is 0 Å². The molecule has 0 unspecified atom stereocenters. The number of hydrogen-bond acceptors (Lipinski definition) is 1. The van der Waals surface area contributed by atoms with Gasteiger partial charge >= 0.3 is 0 Å². The first-order valence-corrected chi connectivity index (χ1v) is 4.25. The third kappa shape index (κ3) is 1.59. The van der Waals surface area contributed by atoms with Gasteiger partial charge in [0.2, 0.25) is 0 Å². The Labute approximate surface area is 84.8 Å². The third-order valence-corrected chi connectivity index (χ3v) is 2.08. The molecular weight excluding hydrogens is 198 g/mol. The lowest BCUT2D eigenvalue weighted by Crippen LogP contribution is -1.87. The highest BCUT2D eigenvalue weighted by Gasteiger charge is 2.08. The zero-order valence-electron chi connectivity index (χ0n) is 7.59. The zero-order valence-corrected chi connectivity index (χ0v) is 7.59. The van der Waals surface area contributed by atoms with Crippen molar-refractivity contribution in [1.29, 1.82) is 5.26 Å². The summed E-state index contributed by atoms with van der Waals surface area (Å²) >= 11 is 0. The minimum Gasteiger partial charge on any atom is -0.360 e. The minimum atomic E-state index is -0.925. The Hall–Kier alpha value is -2.15. The van der Waals surface area contributed by atoms with Crippen LogP contribution in [0.25, 0.3) is 11.3 Å². The number of rotatable bonds is 1. The number of halogens is 2. The van der Waals surface area contributed by atoms with Crippen molar-refractivity contribution in [2.24, 2.45) is 0 Å². The Kier molecular flexibility index (Phi) is 2.22. The normalized spacial score (nSPS) is 9.93. The average Bonchev–Trinajstić information content (AvgIpc) is 2.70. The maximum atomic E-state index is 12.9. The molecule has 1 aromatic carbocycles. The van der Waals surface area contributed by atoms with Gasteiger partial charge in [0.15, 0.2) is 11.6 Å². The molecule has 0 atom stereocenters. The van der Waals surface area contributed by atoms with Crippen molar-refractivity contribution in [1.82, 2.24) is 4.98 Å². The summed E-state index contributed by atoms with van der Waals surface area (Å²) in [7, 11) is 0.